The molecule has 0 saturated heterocycles. The van der Waals surface area contributed by atoms with Crippen LogP contribution in [0, 0.1) is 0 Å². The van der Waals surface area contributed by atoms with Crippen LogP contribution in [0.15, 0.2) is 30.4 Å². The Hall–Kier alpha value is -1.10. The normalized spacial score (nSPS) is 7.80. The van der Waals surface area contributed by atoms with Gasteiger partial charge in [0.1, 0.15) is 5.75 Å². The average molecular weight is 375 g/mol. The number of carboxylic acid groups (broad SMARTS) is 2. The molecule has 1 aromatic carbocycles. The first-order valence-corrected chi connectivity index (χ1v) is 5.55. The number of phenols is 1. The maximum Gasteiger partial charge on any atom is 0.330 e. The summed E-state index contributed by atoms with van der Waals surface area (Å²) in [7, 11) is 0. The summed E-state index contributed by atoms with van der Waals surface area (Å²) >= 11 is 11.0. The summed E-state index contributed by atoms with van der Waals surface area (Å²) in [4.78, 5) is 18.6. The molecule has 108 valence electrons. The molecule has 0 bridgehead atoms. The van der Waals surface area contributed by atoms with Gasteiger partial charge >= 0.3 is 5.97 Å². The van der Waals surface area contributed by atoms with Crippen molar-refractivity contribution in [3.63, 3.8) is 0 Å². The fourth-order valence-corrected chi connectivity index (χ4v) is 0.890. The molecule has 3 N–H and O–H groups in total. The van der Waals surface area contributed by atoms with Gasteiger partial charge in [0, 0.05) is 37.0 Å². The van der Waals surface area contributed by atoms with Crippen LogP contribution in [0.4, 0.5) is 0 Å². The van der Waals surface area contributed by atoms with Crippen LogP contribution in [-0.2, 0) is 29.1 Å². The van der Waals surface area contributed by atoms with E-state index in [1.807, 2.05) is 0 Å². The van der Waals surface area contributed by atoms with Gasteiger partial charge in [-0.2, -0.15) is 0 Å². The van der Waals surface area contributed by atoms with E-state index in [2.05, 4.69) is 6.58 Å². The second-order valence-corrected chi connectivity index (χ2v) is 4.04. The Morgan fingerprint density at radius 2 is 1.50 bits per heavy atom. The van der Waals surface area contributed by atoms with E-state index in [1.54, 1.807) is 6.07 Å². The SMILES string of the molecule is C=C(C)C(=O)O.CC(=O)O.Oc1ccc(Cl)cc1Cl.[Zn]. The summed E-state index contributed by atoms with van der Waals surface area (Å²) in [6, 6.07) is 4.51. The van der Waals surface area contributed by atoms with Crippen molar-refractivity contribution in [2.45, 2.75) is 13.8 Å². The molecule has 0 atom stereocenters. The van der Waals surface area contributed by atoms with Gasteiger partial charge in [-0.3, -0.25) is 4.79 Å². The smallest absolute Gasteiger partial charge is 0.330 e. The van der Waals surface area contributed by atoms with E-state index in [1.165, 1.54) is 19.1 Å². The van der Waals surface area contributed by atoms with Crippen molar-refractivity contribution in [2.75, 3.05) is 0 Å². The molecule has 0 aromatic heterocycles. The second kappa shape index (κ2) is 12.9. The number of carboxylic acids is 2. The number of aliphatic carboxylic acids is 2. The van der Waals surface area contributed by atoms with E-state index >= 15 is 0 Å². The fraction of sp³-hybridized carbons (Fsp3) is 0.167. The van der Waals surface area contributed by atoms with Crippen molar-refractivity contribution < 1.29 is 44.4 Å². The van der Waals surface area contributed by atoms with E-state index in [-0.39, 0.29) is 35.8 Å². The number of hydrogen-bond acceptors (Lipinski definition) is 3. The van der Waals surface area contributed by atoms with Gasteiger partial charge in [0.2, 0.25) is 0 Å². The monoisotopic (exact) mass is 372 g/mol. The molecule has 0 amide bonds. The first-order chi connectivity index (χ1) is 8.57. The van der Waals surface area contributed by atoms with E-state index < -0.39 is 11.9 Å². The minimum atomic E-state index is -0.935. The summed E-state index contributed by atoms with van der Waals surface area (Å²) in [5.41, 5.74) is 0.176. The third kappa shape index (κ3) is 16.9. The number of carbonyl (C=O) groups is 2. The quantitative estimate of drug-likeness (QED) is 0.517. The van der Waals surface area contributed by atoms with Crippen LogP contribution in [0.1, 0.15) is 13.8 Å². The van der Waals surface area contributed by atoms with E-state index in [0.29, 0.717) is 5.02 Å². The molecule has 0 fully saturated rings. The standard InChI is InChI=1S/C6H4Cl2O.C4H6O2.C2H4O2.Zn/c7-4-1-2-6(9)5(8)3-4;1-3(2)4(5)6;1-2(3)4;/h1-3,9H;1H2,2H3,(H,5,6);1H3,(H,3,4);. The maximum atomic E-state index is 9.60. The summed E-state index contributed by atoms with van der Waals surface area (Å²) in [6.07, 6.45) is 0. The van der Waals surface area contributed by atoms with Crippen LogP contribution in [0.25, 0.3) is 0 Å². The molecule has 0 saturated carbocycles. The van der Waals surface area contributed by atoms with Gasteiger partial charge in [-0.1, -0.05) is 29.8 Å². The van der Waals surface area contributed by atoms with E-state index in [0.717, 1.165) is 6.92 Å². The maximum absolute atomic E-state index is 9.60. The minimum absolute atomic E-state index is 0. The molecule has 0 heterocycles. The van der Waals surface area contributed by atoms with Crippen molar-refractivity contribution in [3.8, 4) is 5.75 Å². The molecule has 0 aliphatic carbocycles. The van der Waals surface area contributed by atoms with E-state index in [9.17, 15) is 4.79 Å². The minimum Gasteiger partial charge on any atom is -0.506 e. The van der Waals surface area contributed by atoms with Gasteiger partial charge in [-0.15, -0.1) is 0 Å². The van der Waals surface area contributed by atoms with Crippen molar-refractivity contribution in [1.82, 2.24) is 0 Å². The molecule has 20 heavy (non-hydrogen) atoms. The number of halogens is 2. The number of benzene rings is 1. The Morgan fingerprint density at radius 3 is 1.70 bits per heavy atom. The van der Waals surface area contributed by atoms with Gasteiger partial charge < -0.3 is 15.3 Å². The Morgan fingerprint density at radius 1 is 1.15 bits per heavy atom. The molecule has 0 aliphatic rings. The number of aromatic hydroxyl groups is 1. The van der Waals surface area contributed by atoms with Crippen molar-refractivity contribution >= 4 is 35.1 Å². The largest absolute Gasteiger partial charge is 0.506 e. The molecule has 8 heteroatoms. The first kappa shape index (κ1) is 24.0. The van der Waals surface area contributed by atoms with Gasteiger partial charge in [0.25, 0.3) is 5.97 Å². The Kier molecular flexibility index (Phi) is 15.5. The average Bonchev–Trinajstić information content (AvgIpc) is 2.24. The second-order valence-electron chi connectivity index (χ2n) is 3.20. The van der Waals surface area contributed by atoms with Crippen LogP contribution in [0.5, 0.6) is 5.75 Å². The van der Waals surface area contributed by atoms with Gasteiger partial charge in [0.15, 0.2) is 0 Å². The van der Waals surface area contributed by atoms with Gasteiger partial charge in [0.05, 0.1) is 5.02 Å². The zero-order chi connectivity index (χ0) is 15.6. The molecule has 1 rings (SSSR count). The van der Waals surface area contributed by atoms with Crippen LogP contribution in [0.2, 0.25) is 10.0 Å². The Balaban J connectivity index is -0.000000232. The third-order valence-corrected chi connectivity index (χ3v) is 1.81. The van der Waals surface area contributed by atoms with Crippen molar-refractivity contribution in [3.05, 3.63) is 40.4 Å². The molecule has 0 radical (unpaired) electrons. The van der Waals surface area contributed by atoms with Crippen LogP contribution >= 0.6 is 23.2 Å². The number of phenolic OH excluding ortho intramolecular Hbond substituents is 1. The summed E-state index contributed by atoms with van der Waals surface area (Å²) in [6.45, 7) is 5.69. The van der Waals surface area contributed by atoms with Crippen molar-refractivity contribution in [1.29, 1.82) is 0 Å². The topological polar surface area (TPSA) is 94.8 Å². The molecule has 5 nitrogen and oxygen atoms in total. The summed E-state index contributed by atoms with van der Waals surface area (Å²) in [5.74, 6) is -1.71. The molecular formula is C12H14Cl2O5Zn. The zero-order valence-corrected chi connectivity index (χ0v) is 15.5. The Labute approximate surface area is 139 Å². The Bertz CT molecular complexity index is 447. The molecule has 0 unspecified atom stereocenters. The van der Waals surface area contributed by atoms with E-state index in [4.69, 9.17) is 43.3 Å². The summed E-state index contributed by atoms with van der Waals surface area (Å²) < 4.78 is 0. The number of rotatable bonds is 1. The van der Waals surface area contributed by atoms with Crippen LogP contribution in [-0.4, -0.2) is 27.3 Å². The summed E-state index contributed by atoms with van der Waals surface area (Å²) in [5, 5.41) is 25.0. The predicted molar refractivity (Wildman–Crippen MR) is 73.9 cm³/mol. The fourth-order valence-electron chi connectivity index (χ4n) is 0.481. The molecule has 0 spiro atoms. The third-order valence-electron chi connectivity index (χ3n) is 1.27. The first-order valence-electron chi connectivity index (χ1n) is 4.80. The zero-order valence-electron chi connectivity index (χ0n) is 11.1. The van der Waals surface area contributed by atoms with Crippen molar-refractivity contribution in [2.24, 2.45) is 0 Å². The molecule has 1 aromatic rings. The van der Waals surface area contributed by atoms with Crippen LogP contribution in [0.3, 0.4) is 0 Å². The van der Waals surface area contributed by atoms with Gasteiger partial charge in [-0.25, -0.2) is 4.79 Å². The number of hydrogen-bond donors (Lipinski definition) is 3. The van der Waals surface area contributed by atoms with Gasteiger partial charge in [-0.05, 0) is 25.1 Å². The van der Waals surface area contributed by atoms with Crippen LogP contribution < -0.4 is 0 Å². The predicted octanol–water partition coefficient (Wildman–Crippen LogP) is 3.43. The molecule has 0 aliphatic heterocycles. The molecular weight excluding hydrogens is 360 g/mol.